The molecule has 0 aliphatic carbocycles. The molecule has 19 heavy (non-hydrogen) atoms. The molecule has 2 N–H and O–H groups in total. The van der Waals surface area contributed by atoms with Crippen molar-refractivity contribution in [2.45, 2.75) is 19.3 Å². The van der Waals surface area contributed by atoms with Crippen molar-refractivity contribution in [2.75, 3.05) is 13.2 Å². The molecule has 102 valence electrons. The molecule has 1 aliphatic heterocycles. The minimum absolute atomic E-state index is 0.0706. The van der Waals surface area contributed by atoms with E-state index in [0.717, 1.165) is 11.3 Å². The first-order valence-electron chi connectivity index (χ1n) is 6.09. The van der Waals surface area contributed by atoms with Crippen LogP contribution in [0.4, 0.5) is 0 Å². The van der Waals surface area contributed by atoms with Crippen molar-refractivity contribution in [1.82, 2.24) is 5.43 Å². The summed E-state index contributed by atoms with van der Waals surface area (Å²) in [5.74, 6) is 0.512. The lowest BCUT2D eigenvalue weighted by Gasteiger charge is -2.13. The van der Waals surface area contributed by atoms with E-state index in [-0.39, 0.29) is 12.5 Å². The molecule has 0 unspecified atom stereocenters. The molecule has 0 fully saturated rings. The first kappa shape index (κ1) is 13.8. The Bertz CT molecular complexity index is 503. The quantitative estimate of drug-likeness (QED) is 0.808. The Kier molecular flexibility index (Phi) is 4.76. The maximum Gasteiger partial charge on any atom is 0.240 e. The van der Waals surface area contributed by atoms with Gasteiger partial charge in [0.05, 0.1) is 17.3 Å². The predicted molar refractivity (Wildman–Crippen MR) is 72.6 cm³/mol. The molecular weight excluding hydrogens is 268 g/mol. The highest BCUT2D eigenvalue weighted by Gasteiger charge is 2.14. The molecule has 0 atom stereocenters. The van der Waals surface area contributed by atoms with E-state index in [0.29, 0.717) is 36.6 Å². The molecule has 2 rings (SSSR count). The van der Waals surface area contributed by atoms with Crippen LogP contribution in [0.15, 0.2) is 23.3 Å². The largest absolute Gasteiger partial charge is 0.492 e. The van der Waals surface area contributed by atoms with E-state index >= 15 is 0 Å². The van der Waals surface area contributed by atoms with Crippen molar-refractivity contribution in [1.29, 1.82) is 0 Å². The van der Waals surface area contributed by atoms with Gasteiger partial charge in [0, 0.05) is 25.9 Å². The third-order valence-corrected chi connectivity index (χ3v) is 3.02. The van der Waals surface area contributed by atoms with Gasteiger partial charge in [-0.15, -0.1) is 0 Å². The third-order valence-electron chi connectivity index (χ3n) is 2.73. The summed E-state index contributed by atoms with van der Waals surface area (Å²) < 4.78 is 5.44. The first-order valence-corrected chi connectivity index (χ1v) is 6.47. The van der Waals surface area contributed by atoms with Gasteiger partial charge in [-0.25, -0.2) is 5.43 Å². The van der Waals surface area contributed by atoms with E-state index in [1.54, 1.807) is 12.1 Å². The van der Waals surface area contributed by atoms with Crippen LogP contribution in [0.2, 0.25) is 5.02 Å². The Morgan fingerprint density at radius 2 is 2.26 bits per heavy atom. The topological polar surface area (TPSA) is 70.9 Å². The van der Waals surface area contributed by atoms with Gasteiger partial charge in [-0.3, -0.25) is 4.79 Å². The van der Waals surface area contributed by atoms with E-state index in [1.807, 2.05) is 6.07 Å². The number of halogens is 1. The molecule has 1 aromatic carbocycles. The number of carbonyl (C=O) groups is 1. The Morgan fingerprint density at radius 3 is 2.89 bits per heavy atom. The Hall–Kier alpha value is -1.59. The van der Waals surface area contributed by atoms with Crippen LogP contribution < -0.4 is 10.2 Å². The number of hydrogen-bond donors (Lipinski definition) is 2. The minimum Gasteiger partial charge on any atom is -0.492 e. The molecule has 5 nitrogen and oxygen atoms in total. The highest BCUT2D eigenvalue weighted by atomic mass is 35.5. The second-order valence-corrected chi connectivity index (χ2v) is 4.57. The Labute approximate surface area is 116 Å². The number of ether oxygens (including phenoxy) is 1. The zero-order valence-electron chi connectivity index (χ0n) is 10.4. The van der Waals surface area contributed by atoms with Gasteiger partial charge < -0.3 is 9.84 Å². The molecule has 1 amide bonds. The van der Waals surface area contributed by atoms with Crippen LogP contribution in [-0.4, -0.2) is 29.9 Å². The lowest BCUT2D eigenvalue weighted by molar-refractivity contribution is -0.121. The number of hydrogen-bond acceptors (Lipinski definition) is 4. The highest BCUT2D eigenvalue weighted by Crippen LogP contribution is 2.26. The smallest absolute Gasteiger partial charge is 0.240 e. The lowest BCUT2D eigenvalue weighted by atomic mass is 10.0. The average molecular weight is 283 g/mol. The number of nitrogens with zero attached hydrogens (tertiary/aromatic N) is 1. The highest BCUT2D eigenvalue weighted by molar-refractivity contribution is 6.32. The summed E-state index contributed by atoms with van der Waals surface area (Å²) in [6.07, 6.45) is 1.61. The van der Waals surface area contributed by atoms with Gasteiger partial charge in [-0.1, -0.05) is 11.6 Å². The molecule has 0 aromatic heterocycles. The second-order valence-electron chi connectivity index (χ2n) is 4.16. The number of amides is 1. The zero-order valence-corrected chi connectivity index (χ0v) is 11.1. The molecule has 0 saturated heterocycles. The molecule has 0 radical (unpaired) electrons. The Morgan fingerprint density at radius 1 is 1.42 bits per heavy atom. The summed E-state index contributed by atoms with van der Waals surface area (Å²) in [4.78, 5) is 11.0. The second kappa shape index (κ2) is 6.54. The van der Waals surface area contributed by atoms with Gasteiger partial charge in [-0.2, -0.15) is 5.10 Å². The summed E-state index contributed by atoms with van der Waals surface area (Å²) >= 11 is 6.13. The van der Waals surface area contributed by atoms with Crippen molar-refractivity contribution in [3.63, 3.8) is 0 Å². The fourth-order valence-corrected chi connectivity index (χ4v) is 1.96. The van der Waals surface area contributed by atoms with Gasteiger partial charge in [-0.05, 0) is 23.8 Å². The van der Waals surface area contributed by atoms with Crippen LogP contribution in [0, 0.1) is 0 Å². The molecule has 0 bridgehead atoms. The summed E-state index contributed by atoms with van der Waals surface area (Å²) in [7, 11) is 0. The van der Waals surface area contributed by atoms with Gasteiger partial charge >= 0.3 is 0 Å². The number of benzene rings is 1. The molecule has 1 aromatic rings. The van der Waals surface area contributed by atoms with Crippen LogP contribution in [0.1, 0.15) is 24.8 Å². The van der Waals surface area contributed by atoms with Gasteiger partial charge in [0.15, 0.2) is 0 Å². The number of hydrazone groups is 1. The van der Waals surface area contributed by atoms with Crippen LogP contribution in [0.25, 0.3) is 0 Å². The summed E-state index contributed by atoms with van der Waals surface area (Å²) in [5.41, 5.74) is 4.14. The Balaban J connectivity index is 2.08. The van der Waals surface area contributed by atoms with E-state index in [1.165, 1.54) is 0 Å². The average Bonchev–Trinajstić information content (AvgIpc) is 2.42. The van der Waals surface area contributed by atoms with Gasteiger partial charge in [0.25, 0.3) is 0 Å². The SMILES string of the molecule is O=C1CCC(c2ccc(OCCCO)c(Cl)c2)=NN1. The van der Waals surface area contributed by atoms with Crippen molar-refractivity contribution in [2.24, 2.45) is 5.10 Å². The number of aliphatic hydroxyl groups excluding tert-OH is 1. The monoisotopic (exact) mass is 282 g/mol. The normalized spacial score (nSPS) is 14.8. The maximum atomic E-state index is 11.0. The van der Waals surface area contributed by atoms with E-state index in [4.69, 9.17) is 21.4 Å². The van der Waals surface area contributed by atoms with Crippen LogP contribution in [0.5, 0.6) is 5.75 Å². The van der Waals surface area contributed by atoms with Crippen molar-refractivity contribution in [3.8, 4) is 5.75 Å². The first-order chi connectivity index (χ1) is 9.20. The number of carbonyl (C=O) groups excluding carboxylic acids is 1. The number of aliphatic hydroxyl groups is 1. The summed E-state index contributed by atoms with van der Waals surface area (Å²) in [6, 6.07) is 5.40. The fourth-order valence-electron chi connectivity index (χ4n) is 1.73. The maximum absolute atomic E-state index is 11.0. The molecular formula is C13H15ClN2O3. The van der Waals surface area contributed by atoms with Crippen LogP contribution in [-0.2, 0) is 4.79 Å². The van der Waals surface area contributed by atoms with Gasteiger partial charge in [0.1, 0.15) is 5.75 Å². The minimum atomic E-state index is -0.0706. The van der Waals surface area contributed by atoms with E-state index in [2.05, 4.69) is 10.5 Å². The molecule has 0 saturated carbocycles. The predicted octanol–water partition coefficient (Wildman–Crippen LogP) is 1.72. The molecule has 1 aliphatic rings. The van der Waals surface area contributed by atoms with Gasteiger partial charge in [0.2, 0.25) is 5.91 Å². The van der Waals surface area contributed by atoms with E-state index < -0.39 is 0 Å². The molecule has 6 heteroatoms. The van der Waals surface area contributed by atoms with Crippen LogP contribution in [0.3, 0.4) is 0 Å². The molecule has 0 spiro atoms. The molecule has 1 heterocycles. The number of nitrogens with one attached hydrogen (secondary N) is 1. The van der Waals surface area contributed by atoms with Crippen molar-refractivity contribution < 1.29 is 14.6 Å². The summed E-state index contributed by atoms with van der Waals surface area (Å²) in [5, 5.41) is 13.2. The van der Waals surface area contributed by atoms with Crippen molar-refractivity contribution in [3.05, 3.63) is 28.8 Å². The standard InChI is InChI=1S/C13H15ClN2O3/c14-10-8-9(11-3-5-13(18)16-15-11)2-4-12(10)19-7-1-6-17/h2,4,8,17H,1,3,5-7H2,(H,16,18). The fraction of sp³-hybridized carbons (Fsp3) is 0.385. The lowest BCUT2D eigenvalue weighted by Crippen LogP contribution is -2.25. The zero-order chi connectivity index (χ0) is 13.7. The van der Waals surface area contributed by atoms with E-state index in [9.17, 15) is 4.79 Å². The van der Waals surface area contributed by atoms with Crippen LogP contribution >= 0.6 is 11.6 Å². The number of rotatable bonds is 5. The third kappa shape index (κ3) is 3.68. The van der Waals surface area contributed by atoms with Crippen molar-refractivity contribution >= 4 is 23.2 Å². The summed E-state index contributed by atoms with van der Waals surface area (Å²) in [6.45, 7) is 0.513.